The summed E-state index contributed by atoms with van der Waals surface area (Å²) in [6.45, 7) is 1.17. The van der Waals surface area contributed by atoms with E-state index in [1.165, 1.54) is 0 Å². The number of carbonyl (C=O) groups excluding carboxylic acids is 2. The number of anilines is 1. The van der Waals surface area contributed by atoms with Gasteiger partial charge in [0.1, 0.15) is 6.54 Å². The molecule has 0 radical (unpaired) electrons. The zero-order chi connectivity index (χ0) is 22.6. The van der Waals surface area contributed by atoms with Gasteiger partial charge in [-0.2, -0.15) is 0 Å². The smallest absolute Gasteiger partial charge is 0.322 e. The van der Waals surface area contributed by atoms with Crippen LogP contribution in [0.2, 0.25) is 0 Å². The predicted molar refractivity (Wildman–Crippen MR) is 126 cm³/mol. The minimum absolute atomic E-state index is 0.0409. The number of rotatable bonds is 8. The van der Waals surface area contributed by atoms with Crippen molar-refractivity contribution in [2.45, 2.75) is 32.0 Å². The first-order valence-electron chi connectivity index (χ1n) is 11.0. The number of nitrogens with zero attached hydrogens (tertiary/aromatic N) is 2. The summed E-state index contributed by atoms with van der Waals surface area (Å²) in [5.41, 5.74) is 1.67. The molecule has 8 heteroatoms. The Morgan fingerprint density at radius 1 is 0.970 bits per heavy atom. The monoisotopic (exact) mass is 463 g/mol. The molecule has 0 bridgehead atoms. The van der Waals surface area contributed by atoms with Crippen LogP contribution >= 0.6 is 11.3 Å². The summed E-state index contributed by atoms with van der Waals surface area (Å²) in [4.78, 5) is 31.0. The molecule has 1 aromatic heterocycles. The summed E-state index contributed by atoms with van der Waals surface area (Å²) in [5, 5.41) is 4.92. The van der Waals surface area contributed by atoms with Crippen molar-refractivity contribution < 1.29 is 19.1 Å². The van der Waals surface area contributed by atoms with Crippen LogP contribution in [0.5, 0.6) is 11.5 Å². The Morgan fingerprint density at radius 2 is 1.79 bits per heavy atom. The number of para-hydroxylation sites is 1. The molecule has 5 rings (SSSR count). The minimum Gasteiger partial charge on any atom is -0.454 e. The average Bonchev–Trinajstić information content (AvgIpc) is 3.32. The summed E-state index contributed by atoms with van der Waals surface area (Å²) < 4.78 is 10.9. The number of nitrogens with one attached hydrogen (secondary N) is 1. The lowest BCUT2D eigenvalue weighted by atomic mass is 10.2. The molecule has 1 saturated carbocycles. The van der Waals surface area contributed by atoms with Gasteiger partial charge in [-0.3, -0.25) is 4.79 Å². The summed E-state index contributed by atoms with van der Waals surface area (Å²) in [6, 6.07) is 18.9. The number of amides is 3. The second kappa shape index (κ2) is 9.54. The van der Waals surface area contributed by atoms with Crippen molar-refractivity contribution in [2.75, 3.05) is 18.7 Å². The fraction of sp³-hybridized carbons (Fsp3) is 0.280. The quantitative estimate of drug-likeness (QED) is 0.526. The zero-order valence-electron chi connectivity index (χ0n) is 18.1. The van der Waals surface area contributed by atoms with E-state index in [9.17, 15) is 9.59 Å². The maximum Gasteiger partial charge on any atom is 0.322 e. The van der Waals surface area contributed by atoms with Crippen LogP contribution in [0.3, 0.4) is 0 Å². The molecular weight excluding hydrogens is 438 g/mol. The van der Waals surface area contributed by atoms with Crippen LogP contribution in [0.15, 0.2) is 66.0 Å². The fourth-order valence-corrected chi connectivity index (χ4v) is 4.52. The maximum atomic E-state index is 13.5. The number of fused-ring (bicyclic) bond motifs is 1. The van der Waals surface area contributed by atoms with Gasteiger partial charge in [0.15, 0.2) is 11.5 Å². The third-order valence-electron chi connectivity index (χ3n) is 5.67. The molecule has 0 spiro atoms. The van der Waals surface area contributed by atoms with Gasteiger partial charge in [-0.1, -0.05) is 30.3 Å². The highest BCUT2D eigenvalue weighted by atomic mass is 32.1. The van der Waals surface area contributed by atoms with Crippen LogP contribution in [0.1, 0.15) is 23.3 Å². The molecule has 0 unspecified atom stereocenters. The van der Waals surface area contributed by atoms with Crippen LogP contribution in [-0.4, -0.2) is 41.1 Å². The standard InChI is InChI=1S/C25H25N3O4S/c29-24(16-28(20-9-10-20)25(30)26-19-5-2-1-3-6-19)27(15-21-7-4-12-33-21)14-18-8-11-22-23(13-18)32-17-31-22/h1-8,11-13,20H,9-10,14-17H2,(H,26,30). The van der Waals surface area contributed by atoms with Crippen molar-refractivity contribution in [3.8, 4) is 11.5 Å². The average molecular weight is 464 g/mol. The van der Waals surface area contributed by atoms with Gasteiger partial charge in [-0.15, -0.1) is 11.3 Å². The van der Waals surface area contributed by atoms with Crippen LogP contribution in [0.4, 0.5) is 10.5 Å². The largest absolute Gasteiger partial charge is 0.454 e. The van der Waals surface area contributed by atoms with Crippen LogP contribution in [-0.2, 0) is 17.9 Å². The number of thiophene rings is 1. The van der Waals surface area contributed by atoms with Crippen LogP contribution < -0.4 is 14.8 Å². The van der Waals surface area contributed by atoms with Crippen molar-refractivity contribution in [2.24, 2.45) is 0 Å². The van der Waals surface area contributed by atoms with E-state index in [2.05, 4.69) is 5.32 Å². The summed E-state index contributed by atoms with van der Waals surface area (Å²) in [5.74, 6) is 1.32. The summed E-state index contributed by atoms with van der Waals surface area (Å²) in [6.07, 6.45) is 1.84. The third-order valence-corrected chi connectivity index (χ3v) is 6.53. The minimum atomic E-state index is -0.240. The van der Waals surface area contributed by atoms with Gasteiger partial charge in [-0.25, -0.2) is 4.79 Å². The Labute approximate surface area is 196 Å². The Kier molecular flexibility index (Phi) is 6.17. The first kappa shape index (κ1) is 21.3. The highest BCUT2D eigenvalue weighted by Gasteiger charge is 2.35. The molecule has 1 aliphatic carbocycles. The van der Waals surface area contributed by atoms with Gasteiger partial charge in [0.2, 0.25) is 12.7 Å². The molecule has 3 amide bonds. The SMILES string of the molecule is O=C(CN(C(=O)Nc1ccccc1)C1CC1)N(Cc1ccc2c(c1)OCO2)Cc1cccs1. The van der Waals surface area contributed by atoms with E-state index in [1.807, 2.05) is 66.0 Å². The Balaban J connectivity index is 1.31. The lowest BCUT2D eigenvalue weighted by molar-refractivity contribution is -0.133. The third kappa shape index (κ3) is 5.28. The van der Waals surface area contributed by atoms with Crippen molar-refractivity contribution in [3.63, 3.8) is 0 Å². The van der Waals surface area contributed by atoms with Crippen LogP contribution in [0, 0.1) is 0 Å². The Morgan fingerprint density at radius 3 is 2.55 bits per heavy atom. The molecule has 2 aliphatic rings. The maximum absolute atomic E-state index is 13.5. The highest BCUT2D eigenvalue weighted by Crippen LogP contribution is 2.33. The van der Waals surface area contributed by atoms with E-state index in [4.69, 9.17) is 9.47 Å². The lowest BCUT2D eigenvalue weighted by Gasteiger charge is -2.28. The predicted octanol–water partition coefficient (Wildman–Crippen LogP) is 4.70. The number of carbonyl (C=O) groups is 2. The molecule has 0 saturated heterocycles. The molecule has 7 nitrogen and oxygen atoms in total. The fourth-order valence-electron chi connectivity index (χ4n) is 3.80. The molecular formula is C25H25N3O4S. The number of benzene rings is 2. The van der Waals surface area contributed by atoms with Crippen molar-refractivity contribution in [3.05, 3.63) is 76.5 Å². The number of urea groups is 1. The van der Waals surface area contributed by atoms with E-state index in [1.54, 1.807) is 21.1 Å². The highest BCUT2D eigenvalue weighted by molar-refractivity contribution is 7.09. The van der Waals surface area contributed by atoms with Crippen LogP contribution in [0.25, 0.3) is 0 Å². The molecule has 2 heterocycles. The topological polar surface area (TPSA) is 71.1 Å². The van der Waals surface area contributed by atoms with E-state index >= 15 is 0 Å². The molecule has 1 fully saturated rings. The number of ether oxygens (including phenoxy) is 2. The Hall–Kier alpha value is -3.52. The molecule has 1 N–H and O–H groups in total. The van der Waals surface area contributed by atoms with E-state index in [-0.39, 0.29) is 31.3 Å². The molecule has 1 aliphatic heterocycles. The van der Waals surface area contributed by atoms with Crippen molar-refractivity contribution in [1.29, 1.82) is 0 Å². The Bertz CT molecular complexity index is 1120. The molecule has 0 atom stereocenters. The van der Waals surface area contributed by atoms with Gasteiger partial charge in [-0.05, 0) is 54.1 Å². The normalized spacial score (nSPS) is 14.1. The van der Waals surface area contributed by atoms with Gasteiger partial charge in [0.05, 0.1) is 6.54 Å². The second-order valence-electron chi connectivity index (χ2n) is 8.17. The van der Waals surface area contributed by atoms with Gasteiger partial charge >= 0.3 is 6.03 Å². The van der Waals surface area contributed by atoms with Crippen molar-refractivity contribution >= 4 is 29.0 Å². The molecule has 33 heavy (non-hydrogen) atoms. The molecule has 170 valence electrons. The van der Waals surface area contributed by atoms with Crippen molar-refractivity contribution in [1.82, 2.24) is 9.80 Å². The van der Waals surface area contributed by atoms with Gasteiger partial charge < -0.3 is 24.6 Å². The summed E-state index contributed by atoms with van der Waals surface area (Å²) in [7, 11) is 0. The second-order valence-corrected chi connectivity index (χ2v) is 9.20. The number of hydrogen-bond donors (Lipinski definition) is 1. The lowest BCUT2D eigenvalue weighted by Crippen LogP contribution is -2.45. The zero-order valence-corrected chi connectivity index (χ0v) is 18.9. The van der Waals surface area contributed by atoms with E-state index in [0.717, 1.165) is 29.0 Å². The van der Waals surface area contributed by atoms with Gasteiger partial charge in [0, 0.05) is 23.2 Å². The molecule has 3 aromatic rings. The van der Waals surface area contributed by atoms with E-state index in [0.29, 0.717) is 24.6 Å². The number of hydrogen-bond acceptors (Lipinski definition) is 5. The van der Waals surface area contributed by atoms with E-state index < -0.39 is 0 Å². The first-order valence-corrected chi connectivity index (χ1v) is 11.8. The summed E-state index contributed by atoms with van der Waals surface area (Å²) >= 11 is 1.61. The van der Waals surface area contributed by atoms with Gasteiger partial charge in [0.25, 0.3) is 0 Å². The molecule has 2 aromatic carbocycles. The first-order chi connectivity index (χ1) is 16.2.